The van der Waals surface area contributed by atoms with Crippen molar-refractivity contribution >= 4 is 46.3 Å². The standard InChI is InChI=1S/C25H26Cl2N6O6/c26-15-5-4-14(10-16(15)27)38-25(37)32-8-6-13(7-9-32)2-1-3-18-30-22(28)19-23(31-18)33(12-29-19)24-21(36)20(35)17(11-34)39-24/h4-5,10,12-13,17,20-21,24,34-36H,2,6-9,11H2,(H2,28,30,31)/t17-,20-,21-,24-/m1/s1. The van der Waals surface area contributed by atoms with Gasteiger partial charge in [-0.05, 0) is 36.8 Å². The van der Waals surface area contributed by atoms with Gasteiger partial charge in [-0.15, -0.1) is 0 Å². The molecular weight excluding hydrogens is 551 g/mol. The van der Waals surface area contributed by atoms with Gasteiger partial charge in [-0.25, -0.2) is 19.7 Å². The van der Waals surface area contributed by atoms with E-state index in [1.54, 1.807) is 17.0 Å². The maximum absolute atomic E-state index is 12.5. The Morgan fingerprint density at radius 3 is 2.64 bits per heavy atom. The van der Waals surface area contributed by atoms with Crippen molar-refractivity contribution in [2.45, 2.75) is 43.8 Å². The second-order valence-electron chi connectivity index (χ2n) is 9.37. The van der Waals surface area contributed by atoms with Crippen molar-refractivity contribution in [2.24, 2.45) is 5.92 Å². The largest absolute Gasteiger partial charge is 0.415 e. The van der Waals surface area contributed by atoms with Gasteiger partial charge in [0.1, 0.15) is 29.6 Å². The number of aliphatic hydroxyl groups excluding tert-OH is 3. The molecule has 1 aromatic carbocycles. The molecule has 3 aromatic rings. The van der Waals surface area contributed by atoms with Crippen molar-refractivity contribution in [1.29, 1.82) is 0 Å². The summed E-state index contributed by atoms with van der Waals surface area (Å²) in [5, 5.41) is 30.5. The molecule has 12 nitrogen and oxygen atoms in total. The van der Waals surface area contributed by atoms with Crippen molar-refractivity contribution in [3.63, 3.8) is 0 Å². The average molecular weight is 577 g/mol. The quantitative estimate of drug-likeness (QED) is 0.337. The number of carbonyl (C=O) groups excluding carboxylic acids is 1. The molecule has 4 heterocycles. The summed E-state index contributed by atoms with van der Waals surface area (Å²) >= 11 is 11.9. The second kappa shape index (κ2) is 11.5. The molecule has 4 atom stereocenters. The number of benzene rings is 1. The summed E-state index contributed by atoms with van der Waals surface area (Å²) < 4.78 is 12.4. The highest BCUT2D eigenvalue weighted by atomic mass is 35.5. The molecule has 0 saturated carbocycles. The zero-order valence-corrected chi connectivity index (χ0v) is 22.1. The molecule has 0 bridgehead atoms. The smallest absolute Gasteiger partial charge is 0.410 e. The van der Waals surface area contributed by atoms with Gasteiger partial charge in [0.05, 0.1) is 23.0 Å². The van der Waals surface area contributed by atoms with Crippen LogP contribution in [0.15, 0.2) is 24.5 Å². The van der Waals surface area contributed by atoms with E-state index < -0.39 is 37.2 Å². The van der Waals surface area contributed by atoms with Gasteiger partial charge in [0.25, 0.3) is 0 Å². The number of nitrogens with zero attached hydrogens (tertiary/aromatic N) is 5. The van der Waals surface area contributed by atoms with Crippen molar-refractivity contribution in [1.82, 2.24) is 24.4 Å². The van der Waals surface area contributed by atoms with Gasteiger partial charge < -0.3 is 35.4 Å². The fourth-order valence-electron chi connectivity index (χ4n) is 4.59. The number of aromatic nitrogens is 4. The SMILES string of the molecule is Nc1nc(C#CCC2CCN(C(=O)Oc3ccc(Cl)c(Cl)c3)CC2)nc2c1ncn2[C@@H]1O[C@H](CO)[C@@H](O)[C@H]1O. The number of fused-ring (bicyclic) bond motifs is 1. The van der Waals surface area contributed by atoms with Crippen LogP contribution in [0.1, 0.15) is 31.3 Å². The summed E-state index contributed by atoms with van der Waals surface area (Å²) in [6, 6.07) is 4.66. The van der Waals surface area contributed by atoms with Gasteiger partial charge in [-0.2, -0.15) is 0 Å². The first-order chi connectivity index (χ1) is 18.7. The Balaban J connectivity index is 1.20. The topological polar surface area (TPSA) is 169 Å². The Bertz CT molecular complexity index is 1430. The van der Waals surface area contributed by atoms with Gasteiger partial charge >= 0.3 is 6.09 Å². The van der Waals surface area contributed by atoms with Crippen LogP contribution in [0.5, 0.6) is 5.75 Å². The van der Waals surface area contributed by atoms with E-state index in [-0.39, 0.29) is 23.2 Å². The molecule has 2 fully saturated rings. The Morgan fingerprint density at radius 2 is 1.95 bits per heavy atom. The summed E-state index contributed by atoms with van der Waals surface area (Å²) in [7, 11) is 0. The highest BCUT2D eigenvalue weighted by Crippen LogP contribution is 2.32. The van der Waals surface area contributed by atoms with Crippen LogP contribution in [0.4, 0.5) is 10.6 Å². The number of amides is 1. The summed E-state index contributed by atoms with van der Waals surface area (Å²) in [5.41, 5.74) is 6.65. The Kier molecular flexibility index (Phi) is 8.08. The molecule has 0 radical (unpaired) electrons. The number of piperidine rings is 1. The number of ether oxygens (including phenoxy) is 2. The van der Waals surface area contributed by atoms with E-state index in [2.05, 4.69) is 26.8 Å². The Labute approximate surface area is 233 Å². The number of hydrogen-bond acceptors (Lipinski definition) is 10. The molecule has 2 aliphatic heterocycles. The number of likely N-dealkylation sites (tertiary alicyclic amines) is 1. The monoisotopic (exact) mass is 576 g/mol. The molecule has 14 heteroatoms. The van der Waals surface area contributed by atoms with Gasteiger partial charge in [-0.3, -0.25) is 4.57 Å². The number of carbonyl (C=O) groups is 1. The van der Waals surface area contributed by atoms with Crippen molar-refractivity contribution < 1.29 is 29.6 Å². The predicted octanol–water partition coefficient (Wildman–Crippen LogP) is 1.98. The van der Waals surface area contributed by atoms with E-state index in [0.717, 1.165) is 12.8 Å². The lowest BCUT2D eigenvalue weighted by atomic mass is 9.94. The first kappa shape index (κ1) is 27.4. The van der Waals surface area contributed by atoms with E-state index >= 15 is 0 Å². The first-order valence-electron chi connectivity index (χ1n) is 12.3. The minimum absolute atomic E-state index is 0.114. The number of hydrogen-bond donors (Lipinski definition) is 4. The molecule has 0 unspecified atom stereocenters. The van der Waals surface area contributed by atoms with Crippen molar-refractivity contribution in [3.8, 4) is 17.6 Å². The fraction of sp³-hybridized carbons (Fsp3) is 0.440. The van der Waals surface area contributed by atoms with E-state index in [0.29, 0.717) is 40.8 Å². The number of anilines is 1. The van der Waals surface area contributed by atoms with Gasteiger partial charge in [0.15, 0.2) is 17.7 Å². The number of halogens is 2. The molecule has 0 aliphatic carbocycles. The number of imidazole rings is 1. The molecule has 5 rings (SSSR count). The third-order valence-corrected chi connectivity index (χ3v) is 7.54. The molecule has 2 aliphatic rings. The number of nitrogen functional groups attached to an aromatic ring is 1. The third kappa shape index (κ3) is 5.74. The number of nitrogens with two attached hydrogens (primary N) is 1. The molecule has 39 heavy (non-hydrogen) atoms. The van der Waals surface area contributed by atoms with Crippen LogP contribution in [0.2, 0.25) is 10.0 Å². The van der Waals surface area contributed by atoms with Crippen LogP contribution < -0.4 is 10.5 Å². The van der Waals surface area contributed by atoms with E-state index in [1.807, 2.05) is 0 Å². The molecule has 206 valence electrons. The molecule has 2 aromatic heterocycles. The van der Waals surface area contributed by atoms with E-state index in [1.165, 1.54) is 17.0 Å². The molecule has 1 amide bonds. The highest BCUT2D eigenvalue weighted by molar-refractivity contribution is 6.42. The van der Waals surface area contributed by atoms with Crippen molar-refractivity contribution in [2.75, 3.05) is 25.4 Å². The Morgan fingerprint density at radius 1 is 1.18 bits per heavy atom. The fourth-order valence-corrected chi connectivity index (χ4v) is 4.88. The van der Waals surface area contributed by atoms with Crippen molar-refractivity contribution in [3.05, 3.63) is 40.4 Å². The molecule has 0 spiro atoms. The Hall–Kier alpha value is -3.18. The van der Waals surface area contributed by atoms with Gasteiger partial charge in [0.2, 0.25) is 5.82 Å². The van der Waals surface area contributed by atoms with Crippen LogP contribution in [0.3, 0.4) is 0 Å². The van der Waals surface area contributed by atoms with Crippen LogP contribution in [0.25, 0.3) is 11.2 Å². The van der Waals surface area contributed by atoms with Gasteiger partial charge in [-0.1, -0.05) is 29.1 Å². The van der Waals surface area contributed by atoms with Crippen LogP contribution in [-0.2, 0) is 4.74 Å². The first-order valence-corrected chi connectivity index (χ1v) is 13.0. The molecule has 5 N–H and O–H groups in total. The summed E-state index contributed by atoms with van der Waals surface area (Å²) in [4.78, 5) is 27.0. The number of rotatable bonds is 4. The highest BCUT2D eigenvalue weighted by Gasteiger charge is 2.44. The second-order valence-corrected chi connectivity index (χ2v) is 10.2. The summed E-state index contributed by atoms with van der Waals surface area (Å²) in [6.45, 7) is 0.615. The summed E-state index contributed by atoms with van der Waals surface area (Å²) in [5.74, 6) is 6.93. The minimum atomic E-state index is -1.29. The van der Waals surface area contributed by atoms with E-state index in [4.69, 9.17) is 38.4 Å². The zero-order chi connectivity index (χ0) is 27.7. The maximum Gasteiger partial charge on any atom is 0.415 e. The van der Waals surface area contributed by atoms with Crippen LogP contribution in [0, 0.1) is 17.8 Å². The summed E-state index contributed by atoms with van der Waals surface area (Å²) in [6.07, 6.45) is -1.48. The average Bonchev–Trinajstić information content (AvgIpc) is 3.47. The predicted molar refractivity (Wildman–Crippen MR) is 141 cm³/mol. The lowest BCUT2D eigenvalue weighted by molar-refractivity contribution is -0.0511. The maximum atomic E-state index is 12.5. The van der Waals surface area contributed by atoms with Crippen LogP contribution in [-0.4, -0.2) is 83.8 Å². The lowest BCUT2D eigenvalue weighted by Gasteiger charge is -2.30. The molecule has 2 saturated heterocycles. The zero-order valence-electron chi connectivity index (χ0n) is 20.6. The van der Waals surface area contributed by atoms with Crippen LogP contribution >= 0.6 is 23.2 Å². The number of aliphatic hydroxyl groups is 3. The minimum Gasteiger partial charge on any atom is -0.410 e. The third-order valence-electron chi connectivity index (χ3n) is 6.80. The normalized spacial score (nSPS) is 23.6. The lowest BCUT2D eigenvalue weighted by Crippen LogP contribution is -2.40. The van der Waals surface area contributed by atoms with Gasteiger partial charge in [0, 0.05) is 25.6 Å². The molecular formula is C25H26Cl2N6O6. The van der Waals surface area contributed by atoms with E-state index in [9.17, 15) is 20.1 Å².